The Morgan fingerprint density at radius 2 is 1.76 bits per heavy atom. The van der Waals surface area contributed by atoms with Crippen LogP contribution < -0.4 is 4.74 Å². The molecule has 0 N–H and O–H groups in total. The van der Waals surface area contributed by atoms with Crippen molar-refractivity contribution in [2.45, 2.75) is 17.7 Å². The third kappa shape index (κ3) is 4.79. The maximum Gasteiger partial charge on any atom is 0.305 e. The SMILES string of the molecule is COC(=O)CCc1ccc(-c2c(-c3ccsc3C#N)c3ccccc3n2[S+]([O-])c2ccc(OC)cc2)cc1. The van der Waals surface area contributed by atoms with Crippen LogP contribution in [0.25, 0.3) is 33.3 Å². The molecular weight excluding hydrogens is 516 g/mol. The van der Waals surface area contributed by atoms with Crippen molar-refractivity contribution in [3.05, 3.63) is 94.7 Å². The molecule has 0 bridgehead atoms. The van der Waals surface area contributed by atoms with Gasteiger partial charge in [-0.1, -0.05) is 42.5 Å². The number of fused-ring (bicyclic) bond motifs is 1. The fraction of sp³-hybridized carbons (Fsp3) is 0.133. The first kappa shape index (κ1) is 25.6. The summed E-state index contributed by atoms with van der Waals surface area (Å²) in [5.74, 6) is 0.427. The highest BCUT2D eigenvalue weighted by Crippen LogP contribution is 2.45. The molecule has 2 heterocycles. The highest BCUT2D eigenvalue weighted by atomic mass is 32.2. The number of hydrogen-bond acceptors (Lipinski definition) is 6. The van der Waals surface area contributed by atoms with Crippen LogP contribution in [0.3, 0.4) is 0 Å². The Hall–Kier alpha value is -4.03. The number of carbonyl (C=O) groups is 1. The standard InChI is InChI=1S/C30H24N2O4S2/c1-35-22-12-14-23(15-13-22)38(34)32-26-6-4-3-5-24(26)29(25-17-18-37-27(25)19-31)30(32)21-10-7-20(8-11-21)9-16-28(33)36-2/h3-8,10-15,17-18H,9,16H2,1-2H3. The van der Waals surface area contributed by atoms with Gasteiger partial charge in [-0.3, -0.25) is 4.79 Å². The number of ether oxygens (including phenoxy) is 2. The molecule has 5 aromatic rings. The van der Waals surface area contributed by atoms with Crippen LogP contribution in [0, 0.1) is 11.3 Å². The molecule has 0 aliphatic heterocycles. The number of methoxy groups -OCH3 is 2. The second kappa shape index (κ2) is 11.2. The predicted octanol–water partition coefficient (Wildman–Crippen LogP) is 6.59. The summed E-state index contributed by atoms with van der Waals surface area (Å²) in [6, 6.07) is 27.2. The second-order valence-corrected chi connectivity index (χ2v) is 10.8. The van der Waals surface area contributed by atoms with Gasteiger partial charge in [0, 0.05) is 28.5 Å². The Labute approximate surface area is 228 Å². The molecular formula is C30H24N2O4S2. The van der Waals surface area contributed by atoms with Crippen molar-refractivity contribution < 1.29 is 18.8 Å². The summed E-state index contributed by atoms with van der Waals surface area (Å²) in [5, 5.41) is 12.7. The molecule has 2 aromatic heterocycles. The fourth-order valence-electron chi connectivity index (χ4n) is 4.49. The number of para-hydroxylation sites is 1. The van der Waals surface area contributed by atoms with Gasteiger partial charge in [0.25, 0.3) is 0 Å². The number of rotatable bonds is 8. The molecule has 0 fully saturated rings. The van der Waals surface area contributed by atoms with Crippen molar-refractivity contribution in [3.63, 3.8) is 0 Å². The van der Waals surface area contributed by atoms with E-state index < -0.39 is 11.4 Å². The van der Waals surface area contributed by atoms with Gasteiger partial charge in [-0.25, -0.2) is 0 Å². The number of aryl methyl sites for hydroxylation is 1. The first-order chi connectivity index (χ1) is 18.5. The fourth-order valence-corrected chi connectivity index (χ4v) is 6.46. The van der Waals surface area contributed by atoms with E-state index in [-0.39, 0.29) is 5.97 Å². The molecule has 8 heteroatoms. The van der Waals surface area contributed by atoms with Gasteiger partial charge in [-0.05, 0) is 53.8 Å². The molecule has 3 aromatic carbocycles. The highest BCUT2D eigenvalue weighted by Gasteiger charge is 2.29. The maximum absolute atomic E-state index is 14.2. The molecule has 0 aliphatic carbocycles. The van der Waals surface area contributed by atoms with Crippen molar-refractivity contribution in [2.24, 2.45) is 0 Å². The molecule has 38 heavy (non-hydrogen) atoms. The Balaban J connectivity index is 1.73. The third-order valence-corrected chi connectivity index (χ3v) is 8.57. The average molecular weight is 541 g/mol. The summed E-state index contributed by atoms with van der Waals surface area (Å²) in [6.07, 6.45) is 0.854. The third-order valence-electron chi connectivity index (χ3n) is 6.37. The topological polar surface area (TPSA) is 87.3 Å². The molecule has 1 atom stereocenters. The van der Waals surface area contributed by atoms with Crippen molar-refractivity contribution in [1.29, 1.82) is 5.26 Å². The maximum atomic E-state index is 14.2. The van der Waals surface area contributed by atoms with Crippen LogP contribution in [-0.2, 0) is 27.3 Å². The zero-order valence-electron chi connectivity index (χ0n) is 20.8. The number of nitrogens with zero attached hydrogens (tertiary/aromatic N) is 2. The van der Waals surface area contributed by atoms with E-state index in [2.05, 4.69) is 6.07 Å². The van der Waals surface area contributed by atoms with Crippen LogP contribution in [0.5, 0.6) is 5.75 Å². The molecule has 190 valence electrons. The van der Waals surface area contributed by atoms with Crippen LogP contribution in [-0.4, -0.2) is 28.7 Å². The molecule has 5 rings (SSSR count). The summed E-state index contributed by atoms with van der Waals surface area (Å²) in [6.45, 7) is 0. The summed E-state index contributed by atoms with van der Waals surface area (Å²) in [7, 11) is 2.98. The minimum atomic E-state index is -1.59. The van der Waals surface area contributed by atoms with Crippen LogP contribution in [0.1, 0.15) is 16.9 Å². The number of esters is 1. The van der Waals surface area contributed by atoms with Crippen molar-refractivity contribution in [3.8, 4) is 34.2 Å². The molecule has 0 amide bonds. The lowest BCUT2D eigenvalue weighted by Gasteiger charge is -2.16. The minimum Gasteiger partial charge on any atom is -0.587 e. The van der Waals surface area contributed by atoms with Crippen molar-refractivity contribution in [1.82, 2.24) is 3.97 Å². The Morgan fingerprint density at radius 3 is 2.45 bits per heavy atom. The first-order valence-corrected chi connectivity index (χ1v) is 13.9. The number of hydrogen-bond donors (Lipinski definition) is 0. The summed E-state index contributed by atoms with van der Waals surface area (Å²) in [4.78, 5) is 12.8. The number of aromatic nitrogens is 1. The van der Waals surface area contributed by atoms with Gasteiger partial charge in [0.05, 0.1) is 19.7 Å². The molecule has 0 radical (unpaired) electrons. The van der Waals surface area contributed by atoms with Gasteiger partial charge in [-0.15, -0.1) is 11.3 Å². The lowest BCUT2D eigenvalue weighted by Crippen LogP contribution is -2.14. The molecule has 1 unspecified atom stereocenters. The van der Waals surface area contributed by atoms with Gasteiger partial charge in [0.2, 0.25) is 0 Å². The minimum absolute atomic E-state index is 0.257. The Kier molecular flexibility index (Phi) is 7.52. The lowest BCUT2D eigenvalue weighted by molar-refractivity contribution is -0.140. The van der Waals surface area contributed by atoms with Crippen LogP contribution in [0.4, 0.5) is 0 Å². The quantitative estimate of drug-likeness (QED) is 0.164. The van der Waals surface area contributed by atoms with Crippen molar-refractivity contribution in [2.75, 3.05) is 14.2 Å². The number of benzene rings is 3. The summed E-state index contributed by atoms with van der Waals surface area (Å²) in [5.41, 5.74) is 5.08. The van der Waals surface area contributed by atoms with Gasteiger partial charge in [0.1, 0.15) is 33.8 Å². The Bertz CT molecular complexity index is 1630. The average Bonchev–Trinajstić information content (AvgIpc) is 3.58. The number of carbonyl (C=O) groups excluding carboxylic acids is 1. The van der Waals surface area contributed by atoms with E-state index in [1.807, 2.05) is 63.9 Å². The zero-order chi connectivity index (χ0) is 26.6. The normalized spacial score (nSPS) is 11.7. The molecule has 6 nitrogen and oxygen atoms in total. The first-order valence-electron chi connectivity index (χ1n) is 11.9. The molecule has 0 saturated carbocycles. The van der Waals surface area contributed by atoms with Crippen LogP contribution >= 0.6 is 11.3 Å². The van der Waals surface area contributed by atoms with E-state index in [0.29, 0.717) is 28.4 Å². The molecule has 0 saturated heterocycles. The zero-order valence-corrected chi connectivity index (χ0v) is 22.5. The monoisotopic (exact) mass is 540 g/mol. The van der Waals surface area contributed by atoms with Gasteiger partial charge < -0.3 is 14.0 Å². The van der Waals surface area contributed by atoms with E-state index in [0.717, 1.165) is 38.9 Å². The largest absolute Gasteiger partial charge is 0.587 e. The van der Waals surface area contributed by atoms with E-state index in [9.17, 15) is 14.6 Å². The highest BCUT2D eigenvalue weighted by molar-refractivity contribution is 7.90. The Morgan fingerprint density at radius 1 is 1.03 bits per heavy atom. The van der Waals surface area contributed by atoms with E-state index in [1.54, 1.807) is 31.4 Å². The van der Waals surface area contributed by atoms with E-state index in [1.165, 1.54) is 18.4 Å². The van der Waals surface area contributed by atoms with Crippen molar-refractivity contribution >= 4 is 39.6 Å². The predicted molar refractivity (Wildman–Crippen MR) is 151 cm³/mol. The summed E-state index contributed by atoms with van der Waals surface area (Å²) >= 11 is -0.204. The summed E-state index contributed by atoms with van der Waals surface area (Å²) < 4.78 is 26.1. The smallest absolute Gasteiger partial charge is 0.305 e. The number of thiophene rings is 1. The number of nitriles is 1. The molecule has 0 aliphatic rings. The van der Waals surface area contributed by atoms with Gasteiger partial charge >= 0.3 is 5.97 Å². The van der Waals surface area contributed by atoms with Crippen LogP contribution in [0.2, 0.25) is 0 Å². The van der Waals surface area contributed by atoms with E-state index >= 15 is 0 Å². The van der Waals surface area contributed by atoms with Gasteiger partial charge in [-0.2, -0.15) is 9.23 Å². The second-order valence-electron chi connectivity index (χ2n) is 8.51. The van der Waals surface area contributed by atoms with E-state index in [4.69, 9.17) is 9.47 Å². The lowest BCUT2D eigenvalue weighted by atomic mass is 9.98. The van der Waals surface area contributed by atoms with Gasteiger partial charge in [0.15, 0.2) is 4.90 Å². The van der Waals surface area contributed by atoms with Crippen LogP contribution in [0.15, 0.2) is 89.1 Å². The molecule has 0 spiro atoms.